The molecule has 6 nitrogen and oxygen atoms in total. The molecule has 0 fully saturated rings. The zero-order chi connectivity index (χ0) is 16.5. The molecular weight excluding hydrogens is 284 g/mol. The highest BCUT2D eigenvalue weighted by atomic mass is 16.6. The average Bonchev–Trinajstić information content (AvgIpc) is 2.71. The first-order valence-corrected chi connectivity index (χ1v) is 7.58. The summed E-state index contributed by atoms with van der Waals surface area (Å²) >= 11 is 0. The summed E-state index contributed by atoms with van der Waals surface area (Å²) in [6.45, 7) is 10.4. The monoisotopic (exact) mass is 308 g/mol. The molecule has 0 saturated carbocycles. The molecule has 0 bridgehead atoms. The van der Waals surface area contributed by atoms with Gasteiger partial charge in [-0.15, -0.1) is 0 Å². The summed E-state index contributed by atoms with van der Waals surface area (Å²) in [4.78, 5) is 29.2. The minimum atomic E-state index is -0.532. The molecule has 1 aromatic heterocycles. The van der Waals surface area contributed by atoms with Crippen molar-refractivity contribution < 1.29 is 19.1 Å². The third-order valence-corrected chi connectivity index (χ3v) is 3.49. The number of hydrogen-bond acceptors (Lipinski definition) is 4. The molecule has 22 heavy (non-hydrogen) atoms. The molecule has 0 saturated heterocycles. The summed E-state index contributed by atoms with van der Waals surface area (Å²) in [6.07, 6.45) is 0.321. The van der Waals surface area contributed by atoms with Crippen molar-refractivity contribution >= 4 is 12.1 Å². The van der Waals surface area contributed by atoms with Gasteiger partial charge in [-0.05, 0) is 34.6 Å². The highest BCUT2D eigenvalue weighted by Gasteiger charge is 2.31. The van der Waals surface area contributed by atoms with Gasteiger partial charge in [-0.25, -0.2) is 9.59 Å². The van der Waals surface area contributed by atoms with E-state index in [4.69, 9.17) is 9.47 Å². The molecule has 1 aliphatic heterocycles. The van der Waals surface area contributed by atoms with E-state index in [-0.39, 0.29) is 12.1 Å². The van der Waals surface area contributed by atoms with E-state index in [0.717, 1.165) is 17.0 Å². The highest BCUT2D eigenvalue weighted by molar-refractivity contribution is 5.93. The van der Waals surface area contributed by atoms with E-state index < -0.39 is 5.60 Å². The summed E-state index contributed by atoms with van der Waals surface area (Å²) in [5.74, 6) is -0.344. The Morgan fingerprint density at radius 1 is 1.32 bits per heavy atom. The van der Waals surface area contributed by atoms with Crippen LogP contribution >= 0.6 is 0 Å². The minimum absolute atomic E-state index is 0.327. The number of ether oxygens (including phenoxy) is 2. The number of hydrogen-bond donors (Lipinski definition) is 1. The van der Waals surface area contributed by atoms with Crippen LogP contribution in [0.5, 0.6) is 0 Å². The molecule has 6 heteroatoms. The Bertz CT molecular complexity index is 584. The van der Waals surface area contributed by atoms with Crippen molar-refractivity contribution in [2.24, 2.45) is 0 Å². The maximum absolute atomic E-state index is 12.2. The van der Waals surface area contributed by atoms with Gasteiger partial charge in [0.2, 0.25) is 0 Å². The first kappa shape index (κ1) is 16.4. The van der Waals surface area contributed by atoms with Crippen LogP contribution in [0.25, 0.3) is 0 Å². The van der Waals surface area contributed by atoms with Crippen LogP contribution in [0.1, 0.15) is 55.0 Å². The number of carbonyl (C=O) groups excluding carboxylic acids is 2. The summed E-state index contributed by atoms with van der Waals surface area (Å²) in [5, 5.41) is 0. The van der Waals surface area contributed by atoms with E-state index >= 15 is 0 Å². The maximum atomic E-state index is 12.2. The number of esters is 1. The van der Waals surface area contributed by atoms with E-state index in [0.29, 0.717) is 31.7 Å². The Morgan fingerprint density at radius 3 is 2.59 bits per heavy atom. The van der Waals surface area contributed by atoms with Gasteiger partial charge >= 0.3 is 12.1 Å². The molecule has 0 atom stereocenters. The Labute approximate surface area is 130 Å². The fraction of sp³-hybridized carbons (Fsp3) is 0.625. The summed E-state index contributed by atoms with van der Waals surface area (Å²) in [6, 6.07) is 0. The molecule has 0 aliphatic carbocycles. The van der Waals surface area contributed by atoms with Gasteiger partial charge in [0.25, 0.3) is 0 Å². The molecular formula is C16H24N2O4. The van der Waals surface area contributed by atoms with Crippen molar-refractivity contribution in [3.8, 4) is 0 Å². The zero-order valence-corrected chi connectivity index (χ0v) is 13.9. The van der Waals surface area contributed by atoms with Gasteiger partial charge in [-0.3, -0.25) is 0 Å². The van der Waals surface area contributed by atoms with Gasteiger partial charge in [0, 0.05) is 29.9 Å². The van der Waals surface area contributed by atoms with E-state index in [1.54, 1.807) is 11.8 Å². The number of carbonyl (C=O) groups is 2. The number of aryl methyl sites for hydroxylation is 1. The fourth-order valence-corrected chi connectivity index (χ4v) is 2.61. The first-order valence-electron chi connectivity index (χ1n) is 7.58. The lowest BCUT2D eigenvalue weighted by Crippen LogP contribution is -2.40. The number of rotatable bonds is 2. The Kier molecular flexibility index (Phi) is 4.49. The van der Waals surface area contributed by atoms with Crippen molar-refractivity contribution in [1.29, 1.82) is 0 Å². The molecule has 2 rings (SSSR count). The number of aromatic amines is 1. The summed E-state index contributed by atoms with van der Waals surface area (Å²) in [7, 11) is 0. The van der Waals surface area contributed by atoms with Crippen LogP contribution in [0, 0.1) is 6.92 Å². The number of aromatic nitrogens is 1. The topological polar surface area (TPSA) is 71.6 Å². The fourth-order valence-electron chi connectivity index (χ4n) is 2.61. The van der Waals surface area contributed by atoms with Crippen molar-refractivity contribution in [2.45, 2.75) is 53.2 Å². The molecule has 0 unspecified atom stereocenters. The van der Waals surface area contributed by atoms with Crippen molar-refractivity contribution in [1.82, 2.24) is 9.88 Å². The van der Waals surface area contributed by atoms with Crippen LogP contribution in [0.2, 0.25) is 0 Å². The number of nitrogens with one attached hydrogen (secondary N) is 1. The third kappa shape index (κ3) is 3.43. The molecule has 1 aromatic rings. The van der Waals surface area contributed by atoms with Gasteiger partial charge in [-0.2, -0.15) is 0 Å². The Morgan fingerprint density at radius 2 is 2.00 bits per heavy atom. The molecule has 0 spiro atoms. The highest BCUT2D eigenvalue weighted by Crippen LogP contribution is 2.27. The second kappa shape index (κ2) is 6.02. The van der Waals surface area contributed by atoms with Crippen LogP contribution in [0.15, 0.2) is 0 Å². The predicted octanol–water partition coefficient (Wildman–Crippen LogP) is 2.79. The summed E-state index contributed by atoms with van der Waals surface area (Å²) in [5.41, 5.74) is 2.64. The van der Waals surface area contributed by atoms with Gasteiger partial charge in [0.15, 0.2) is 0 Å². The standard InChI is InChI=1S/C16H24N2O4/c1-6-21-14(19)13-10(2)17-12-7-8-18(9-11(12)13)15(20)22-16(3,4)5/h17H,6-9H2,1-5H3. The number of nitrogens with zero attached hydrogens (tertiary/aromatic N) is 1. The van der Waals surface area contributed by atoms with Gasteiger partial charge in [-0.1, -0.05) is 0 Å². The van der Waals surface area contributed by atoms with Crippen LogP contribution in [0.3, 0.4) is 0 Å². The molecule has 2 heterocycles. The quantitative estimate of drug-likeness (QED) is 0.853. The lowest BCUT2D eigenvalue weighted by Gasteiger charge is -2.30. The van der Waals surface area contributed by atoms with Crippen LogP contribution in [-0.4, -0.2) is 40.7 Å². The second-order valence-corrected chi connectivity index (χ2v) is 6.45. The lowest BCUT2D eigenvalue weighted by atomic mass is 10.0. The third-order valence-electron chi connectivity index (χ3n) is 3.49. The van der Waals surface area contributed by atoms with Crippen LogP contribution in [-0.2, 0) is 22.4 Å². The average molecular weight is 308 g/mol. The van der Waals surface area contributed by atoms with E-state index in [1.165, 1.54) is 0 Å². The van der Waals surface area contributed by atoms with Crippen molar-refractivity contribution in [3.05, 3.63) is 22.5 Å². The van der Waals surface area contributed by atoms with Gasteiger partial charge < -0.3 is 19.4 Å². The summed E-state index contributed by atoms with van der Waals surface area (Å²) < 4.78 is 10.5. The first-order chi connectivity index (χ1) is 10.2. The molecule has 0 radical (unpaired) electrons. The number of fused-ring (bicyclic) bond motifs is 1. The second-order valence-electron chi connectivity index (χ2n) is 6.45. The van der Waals surface area contributed by atoms with Crippen molar-refractivity contribution in [3.63, 3.8) is 0 Å². The van der Waals surface area contributed by atoms with Crippen molar-refractivity contribution in [2.75, 3.05) is 13.2 Å². The zero-order valence-electron chi connectivity index (χ0n) is 13.9. The molecule has 1 aliphatic rings. The molecule has 1 amide bonds. The molecule has 122 valence electrons. The number of H-pyrrole nitrogens is 1. The largest absolute Gasteiger partial charge is 0.462 e. The van der Waals surface area contributed by atoms with Crippen LogP contribution < -0.4 is 0 Å². The normalized spacial score (nSPS) is 14.5. The predicted molar refractivity (Wildman–Crippen MR) is 81.8 cm³/mol. The van der Waals surface area contributed by atoms with E-state index in [1.807, 2.05) is 27.7 Å². The van der Waals surface area contributed by atoms with E-state index in [9.17, 15) is 9.59 Å². The Balaban J connectivity index is 2.22. The van der Waals surface area contributed by atoms with Crippen LogP contribution in [0.4, 0.5) is 4.79 Å². The number of amides is 1. The molecule has 1 N–H and O–H groups in total. The SMILES string of the molecule is CCOC(=O)c1c(C)[nH]c2c1CN(C(=O)OC(C)(C)C)CC2. The minimum Gasteiger partial charge on any atom is -0.462 e. The Hall–Kier alpha value is -1.98. The smallest absolute Gasteiger partial charge is 0.410 e. The molecule has 0 aromatic carbocycles. The lowest BCUT2D eigenvalue weighted by molar-refractivity contribution is 0.0220. The van der Waals surface area contributed by atoms with E-state index in [2.05, 4.69) is 4.98 Å². The maximum Gasteiger partial charge on any atom is 0.410 e. The van der Waals surface area contributed by atoms with Gasteiger partial charge in [0.05, 0.1) is 18.7 Å². The van der Waals surface area contributed by atoms with Gasteiger partial charge in [0.1, 0.15) is 5.60 Å².